The van der Waals surface area contributed by atoms with E-state index in [9.17, 15) is 9.90 Å². The third-order valence-electron chi connectivity index (χ3n) is 4.91. The van der Waals surface area contributed by atoms with Gasteiger partial charge in [-0.1, -0.05) is 11.6 Å². The lowest BCUT2D eigenvalue weighted by atomic mass is 10.2. The molecular weight excluding hydrogens is 456 g/mol. The number of aromatic nitrogens is 4. The number of rotatable bonds is 8. The molecule has 174 valence electrons. The highest BCUT2D eigenvalue weighted by Gasteiger charge is 2.27. The number of halogens is 1. The molecule has 0 atom stereocenters. The monoisotopic (exact) mass is 478 g/mol. The first-order valence-corrected chi connectivity index (χ1v) is 11.0. The van der Waals surface area contributed by atoms with E-state index in [1.54, 1.807) is 24.5 Å². The first-order chi connectivity index (χ1) is 16.5. The Morgan fingerprint density at radius 2 is 2.00 bits per heavy atom. The SMILES string of the molecule is NC(=CC(=NCCO)NC(=O)c1nc(C2CC2)ccc1Nc1cncnc1)c1ccc(Cl)cn1. The van der Waals surface area contributed by atoms with Crippen molar-refractivity contribution in [2.24, 2.45) is 10.7 Å². The summed E-state index contributed by atoms with van der Waals surface area (Å²) < 4.78 is 0. The Balaban J connectivity index is 1.62. The van der Waals surface area contributed by atoms with Crippen molar-refractivity contribution in [1.82, 2.24) is 25.3 Å². The van der Waals surface area contributed by atoms with Crippen LogP contribution in [0.15, 0.2) is 60.3 Å². The molecule has 3 aromatic rings. The van der Waals surface area contributed by atoms with Crippen LogP contribution in [0.1, 0.15) is 40.6 Å². The molecule has 0 aromatic carbocycles. The lowest BCUT2D eigenvalue weighted by Crippen LogP contribution is -2.31. The zero-order chi connectivity index (χ0) is 23.9. The number of aliphatic hydroxyl groups excluding tert-OH is 1. The number of nitrogens with zero attached hydrogens (tertiary/aromatic N) is 5. The quantitative estimate of drug-likeness (QED) is 0.285. The van der Waals surface area contributed by atoms with E-state index in [0.717, 1.165) is 18.5 Å². The molecular formula is C23H23ClN8O2. The minimum atomic E-state index is -0.480. The van der Waals surface area contributed by atoms with Crippen molar-refractivity contribution in [2.45, 2.75) is 18.8 Å². The van der Waals surface area contributed by atoms with Gasteiger partial charge in [0.25, 0.3) is 5.91 Å². The fraction of sp³-hybridized carbons (Fsp3) is 0.217. The smallest absolute Gasteiger partial charge is 0.277 e. The Bertz CT molecular complexity index is 1210. The van der Waals surface area contributed by atoms with Crippen molar-refractivity contribution in [3.8, 4) is 0 Å². The molecule has 5 N–H and O–H groups in total. The number of hydrogen-bond acceptors (Lipinski definition) is 9. The number of nitrogens with one attached hydrogen (secondary N) is 2. The fourth-order valence-corrected chi connectivity index (χ4v) is 3.22. The minimum absolute atomic E-state index is 0.0788. The maximum Gasteiger partial charge on any atom is 0.277 e. The van der Waals surface area contributed by atoms with E-state index in [2.05, 4.69) is 35.6 Å². The van der Waals surface area contributed by atoms with Gasteiger partial charge >= 0.3 is 0 Å². The van der Waals surface area contributed by atoms with E-state index in [1.165, 1.54) is 18.6 Å². The molecule has 11 heteroatoms. The number of amidine groups is 1. The van der Waals surface area contributed by atoms with Crippen molar-refractivity contribution in [3.05, 3.63) is 77.4 Å². The average molecular weight is 479 g/mol. The third-order valence-corrected chi connectivity index (χ3v) is 5.13. The minimum Gasteiger partial charge on any atom is -0.397 e. The number of carbonyl (C=O) groups is 1. The van der Waals surface area contributed by atoms with Crippen LogP contribution < -0.4 is 16.4 Å². The van der Waals surface area contributed by atoms with Gasteiger partial charge in [-0.05, 0) is 37.1 Å². The third kappa shape index (κ3) is 6.12. The molecule has 10 nitrogen and oxygen atoms in total. The summed E-state index contributed by atoms with van der Waals surface area (Å²) in [6, 6.07) is 7.04. The van der Waals surface area contributed by atoms with E-state index in [1.807, 2.05) is 12.1 Å². The van der Waals surface area contributed by atoms with Crippen molar-refractivity contribution in [3.63, 3.8) is 0 Å². The zero-order valence-electron chi connectivity index (χ0n) is 18.1. The molecule has 3 heterocycles. The molecule has 0 unspecified atom stereocenters. The Morgan fingerprint density at radius 3 is 2.68 bits per heavy atom. The molecule has 3 aromatic heterocycles. The van der Waals surface area contributed by atoms with E-state index in [4.69, 9.17) is 17.3 Å². The standard InChI is InChI=1S/C23H23ClN8O2/c24-15-3-4-19(29-10-15)17(25)9-21(28-7-8-33)32-23(34)22-20(30-16-11-26-13-27-12-16)6-5-18(31-22)14-1-2-14/h3-6,9-14,30,33H,1-2,7-8,25H2,(H,28,32,34). The van der Waals surface area contributed by atoms with E-state index >= 15 is 0 Å². The molecule has 1 fully saturated rings. The Labute approximate surface area is 201 Å². The van der Waals surface area contributed by atoms with Crippen LogP contribution in [-0.2, 0) is 0 Å². The van der Waals surface area contributed by atoms with Gasteiger partial charge in [0, 0.05) is 23.9 Å². The first-order valence-electron chi connectivity index (χ1n) is 10.6. The Hall–Kier alpha value is -3.89. The topological polar surface area (TPSA) is 151 Å². The van der Waals surface area contributed by atoms with Crippen molar-refractivity contribution in [2.75, 3.05) is 18.5 Å². The largest absolute Gasteiger partial charge is 0.397 e. The summed E-state index contributed by atoms with van der Waals surface area (Å²) in [7, 11) is 0. The fourth-order valence-electron chi connectivity index (χ4n) is 3.11. The van der Waals surface area contributed by atoms with Gasteiger partial charge in [0.15, 0.2) is 5.69 Å². The molecule has 1 amide bonds. The van der Waals surface area contributed by atoms with Crippen LogP contribution in [0, 0.1) is 0 Å². The number of hydrogen-bond donors (Lipinski definition) is 4. The summed E-state index contributed by atoms with van der Waals surface area (Å²) >= 11 is 5.89. The van der Waals surface area contributed by atoms with Crippen LogP contribution in [0.2, 0.25) is 5.02 Å². The van der Waals surface area contributed by atoms with Crippen LogP contribution in [0.5, 0.6) is 0 Å². The molecule has 0 radical (unpaired) electrons. The second kappa shape index (κ2) is 10.8. The maximum absolute atomic E-state index is 13.3. The van der Waals surface area contributed by atoms with Gasteiger partial charge in [-0.2, -0.15) is 0 Å². The van der Waals surface area contributed by atoms with Crippen molar-refractivity contribution in [1.29, 1.82) is 0 Å². The van der Waals surface area contributed by atoms with Gasteiger partial charge in [0.05, 0.1) is 53.3 Å². The van der Waals surface area contributed by atoms with Crippen LogP contribution in [0.3, 0.4) is 0 Å². The van der Waals surface area contributed by atoms with Gasteiger partial charge in [-0.3, -0.25) is 14.8 Å². The second-order valence-electron chi connectivity index (χ2n) is 7.56. The van der Waals surface area contributed by atoms with Crippen LogP contribution >= 0.6 is 11.6 Å². The average Bonchev–Trinajstić information content (AvgIpc) is 3.69. The summed E-state index contributed by atoms with van der Waals surface area (Å²) in [5.41, 5.74) is 9.06. The Kier molecular flexibility index (Phi) is 7.41. The van der Waals surface area contributed by atoms with E-state index in [0.29, 0.717) is 28.0 Å². The number of pyridine rings is 2. The van der Waals surface area contributed by atoms with Gasteiger partial charge in [-0.15, -0.1) is 0 Å². The number of carbonyl (C=O) groups excluding carboxylic acids is 1. The summed E-state index contributed by atoms with van der Waals surface area (Å²) in [6.07, 6.45) is 9.66. The number of aliphatic hydroxyl groups is 1. The van der Waals surface area contributed by atoms with Gasteiger partial charge in [-0.25, -0.2) is 15.0 Å². The summed E-state index contributed by atoms with van der Waals surface area (Å²) in [6.45, 7) is -0.113. The summed E-state index contributed by atoms with van der Waals surface area (Å²) in [5.74, 6) is 0.0438. The predicted octanol–water partition coefficient (Wildman–Crippen LogP) is 2.66. The molecule has 0 spiro atoms. The second-order valence-corrected chi connectivity index (χ2v) is 8.00. The molecule has 1 aliphatic rings. The normalized spacial score (nSPS) is 14.1. The first kappa shape index (κ1) is 23.3. The van der Waals surface area contributed by atoms with E-state index in [-0.39, 0.29) is 30.4 Å². The molecule has 34 heavy (non-hydrogen) atoms. The number of nitrogens with two attached hydrogens (primary N) is 1. The molecule has 0 bridgehead atoms. The van der Waals surface area contributed by atoms with Gasteiger partial charge < -0.3 is 21.5 Å². The zero-order valence-corrected chi connectivity index (χ0v) is 18.9. The van der Waals surface area contributed by atoms with Crippen molar-refractivity contribution >= 4 is 40.4 Å². The van der Waals surface area contributed by atoms with E-state index < -0.39 is 5.91 Å². The van der Waals surface area contributed by atoms with Crippen molar-refractivity contribution < 1.29 is 9.90 Å². The molecule has 1 saturated carbocycles. The highest BCUT2D eigenvalue weighted by molar-refractivity contribution is 6.30. The predicted molar refractivity (Wildman–Crippen MR) is 130 cm³/mol. The number of aliphatic imine (C=N–C) groups is 1. The van der Waals surface area contributed by atoms with Gasteiger partial charge in [0.1, 0.15) is 12.2 Å². The molecule has 1 aliphatic carbocycles. The van der Waals surface area contributed by atoms with Crippen LogP contribution in [0.25, 0.3) is 5.70 Å². The maximum atomic E-state index is 13.3. The number of anilines is 2. The molecule has 0 aliphatic heterocycles. The molecule has 0 saturated heterocycles. The lowest BCUT2D eigenvalue weighted by molar-refractivity contribution is 0.0973. The summed E-state index contributed by atoms with van der Waals surface area (Å²) in [5, 5.41) is 15.6. The highest BCUT2D eigenvalue weighted by Crippen LogP contribution is 2.39. The van der Waals surface area contributed by atoms with Gasteiger partial charge in [0.2, 0.25) is 0 Å². The lowest BCUT2D eigenvalue weighted by Gasteiger charge is -2.13. The Morgan fingerprint density at radius 1 is 1.21 bits per heavy atom. The summed E-state index contributed by atoms with van der Waals surface area (Å²) in [4.78, 5) is 34.3. The van der Waals surface area contributed by atoms with Crippen LogP contribution in [0.4, 0.5) is 11.4 Å². The number of amides is 1. The van der Waals surface area contributed by atoms with Crippen LogP contribution in [-0.4, -0.2) is 49.9 Å². The highest BCUT2D eigenvalue weighted by atomic mass is 35.5. The molecule has 4 rings (SSSR count).